The fourth-order valence-corrected chi connectivity index (χ4v) is 10.9. The Labute approximate surface area is 719 Å². The number of aryl methyl sites for hydroxylation is 2. The molecular weight excluding hydrogens is 1730 g/mol. The van der Waals surface area contributed by atoms with Gasteiger partial charge in [-0.1, -0.05) is 28.1 Å². The van der Waals surface area contributed by atoms with Crippen molar-refractivity contribution in [3.8, 4) is 52.1 Å². The smallest absolute Gasteiger partial charge is 0.406 e. The zero-order valence-corrected chi connectivity index (χ0v) is 71.4. The third-order valence-electron chi connectivity index (χ3n) is 16.1. The van der Waals surface area contributed by atoms with Crippen molar-refractivity contribution < 1.29 is 72.0 Å². The Balaban J connectivity index is 0.000000249. The summed E-state index contributed by atoms with van der Waals surface area (Å²) >= 11 is 6.19. The molecule has 0 fully saturated rings. The van der Waals surface area contributed by atoms with Crippen LogP contribution in [0, 0.1) is 65.6 Å². The standard InChI is InChI=1S/C18H15N3O2.C11H12N2O2.C8H11N3O2.C8H9N3O.C7H7BrN2O3.C7H9N3O3.C7H11N3O.C7H8N2O3.C6H5BrN2O2/c1-23-18-7-6-15-11-20-12-21(15)17(18)9-16(22)8-13-2-4-14(10-19)5-3-13;1-8(14)5-10-11(15-2)4-3-9-6-12-7-13(9)10;1-13-7-3-2-6(4-10-5-12)11-8(7)9;1-12-7-3-2-6-4-10-5-11(6)8(7)9;2*1-13-6-3-2-5(4-8)9-7(6)10(11)12;1-11-6-3-2-5(4-8)10-7(6)9;1-5-3-4-6(12-2)7(8-5)9(10)11;1-4-2-3-5(7)6(8-4)9(10)11/h2-7,11-12H,8-9H2,1H3;3-4,6-7H,5H2,1-2H3;2-3,5H,4H2,1H3,(H2,9,11)(H,10,12);2-5H,9H2,1H3;2-3H,4H2,1H3;2-3H,4,8H2,1H3;2-3H,4,8H2,1H3,(H2,9,10);3-4H,1-2H3;2-3H,1H3. The van der Waals surface area contributed by atoms with Gasteiger partial charge in [0.25, 0.3) is 0 Å². The highest BCUT2D eigenvalue weighted by atomic mass is 79.9. The number of nitrogens with one attached hydrogen (secondary N) is 1. The molecule has 44 heteroatoms. The summed E-state index contributed by atoms with van der Waals surface area (Å²) in [6.07, 6.45) is 11.8. The molecule has 123 heavy (non-hydrogen) atoms. The zero-order chi connectivity index (χ0) is 90.8. The number of methoxy groups -OCH3 is 8. The summed E-state index contributed by atoms with van der Waals surface area (Å²) in [4.78, 5) is 108. The molecule has 13 aromatic rings. The molecule has 13 rings (SSSR count). The van der Waals surface area contributed by atoms with Crippen LogP contribution in [0.5, 0.6) is 46.0 Å². The number of aromatic nitrogens is 12. The molecule has 1 aromatic carbocycles. The molecule has 646 valence electrons. The summed E-state index contributed by atoms with van der Waals surface area (Å²) < 4.78 is 45.7. The first-order valence-corrected chi connectivity index (χ1v) is 37.6. The van der Waals surface area contributed by atoms with Crippen LogP contribution >= 0.6 is 31.9 Å². The van der Waals surface area contributed by atoms with Crippen molar-refractivity contribution in [3.63, 3.8) is 0 Å². The van der Waals surface area contributed by atoms with Crippen molar-refractivity contribution in [2.24, 2.45) is 11.5 Å². The molecule has 0 aliphatic heterocycles. The van der Waals surface area contributed by atoms with E-state index >= 15 is 0 Å². The van der Waals surface area contributed by atoms with Gasteiger partial charge < -0.3 is 112 Å². The van der Waals surface area contributed by atoms with E-state index in [1.54, 1.807) is 158 Å². The number of ether oxygens (including phenoxy) is 8. The van der Waals surface area contributed by atoms with Crippen LogP contribution in [0.15, 0.2) is 176 Å². The van der Waals surface area contributed by atoms with Crippen molar-refractivity contribution in [1.29, 1.82) is 5.26 Å². The average Bonchev–Trinajstić information content (AvgIpc) is 1.71. The second-order valence-electron chi connectivity index (χ2n) is 24.4. The Hall–Kier alpha value is -15.2. The lowest BCUT2D eigenvalue weighted by molar-refractivity contribution is -0.390. The number of hydrogen-bond donors (Lipinski definition) is 6. The Bertz CT molecular complexity index is 5710. The van der Waals surface area contributed by atoms with Gasteiger partial charge in [-0.15, -0.1) is 0 Å². The Morgan fingerprint density at radius 2 is 0.829 bits per heavy atom. The fraction of sp³-hybridized carbons (Fsp3) is 0.228. The SMILES string of the molecule is COc1ccc(C)nc1[N+](=O)[O-].COc1ccc(CBr)nc1[N+](=O)[O-].COc1ccc(CN)nc1N.COc1ccc(CN)nc1[N+](=O)[O-].COc1ccc(CNC=O)nc1N.COc1ccc2cncn2c1CC(=O)Cc1ccc(C#N)cc1.COc1ccc2cncn2c1CC(C)=O.COc1ccc2cncn2c1N.Cc1ccc(Br)c([N+](=O)[O-])n1. The van der Waals surface area contributed by atoms with Crippen LogP contribution in [0.25, 0.3) is 16.6 Å². The first kappa shape index (κ1) is 98.3. The van der Waals surface area contributed by atoms with Crippen LogP contribution in [0.3, 0.4) is 0 Å². The Morgan fingerprint density at radius 1 is 0.463 bits per heavy atom. The largest absolute Gasteiger partial charge is 0.495 e. The molecule has 12 aromatic heterocycles. The number of fused-ring (bicyclic) bond motifs is 3. The van der Waals surface area contributed by atoms with Gasteiger partial charge >= 0.3 is 23.3 Å². The molecule has 0 radical (unpaired) electrons. The summed E-state index contributed by atoms with van der Waals surface area (Å²) in [6.45, 7) is 5.90. The van der Waals surface area contributed by atoms with Crippen LogP contribution in [-0.2, 0) is 58.6 Å². The van der Waals surface area contributed by atoms with Crippen molar-refractivity contribution in [2.45, 2.75) is 65.0 Å². The molecule has 0 unspecified atom stereocenters. The molecule has 0 saturated heterocycles. The number of carbonyl (C=O) groups is 3. The minimum absolute atomic E-state index is 0.0780. The van der Waals surface area contributed by atoms with Gasteiger partial charge in [0.2, 0.25) is 23.7 Å². The molecule has 11 N–H and O–H groups in total. The lowest BCUT2D eigenvalue weighted by atomic mass is 10.0. The van der Waals surface area contributed by atoms with Gasteiger partial charge in [-0.2, -0.15) is 5.26 Å². The number of amides is 1. The molecule has 0 saturated carbocycles. The summed E-state index contributed by atoms with van der Waals surface area (Å²) in [6, 6.07) is 40.1. The minimum Gasteiger partial charge on any atom is -0.495 e. The number of benzene rings is 1. The average molecular weight is 1820 g/mol. The van der Waals surface area contributed by atoms with Gasteiger partial charge in [0, 0.05) is 26.8 Å². The van der Waals surface area contributed by atoms with Crippen LogP contribution in [0.2, 0.25) is 0 Å². The highest BCUT2D eigenvalue weighted by Crippen LogP contribution is 2.30. The number of nitrogens with zero attached hydrogens (tertiary/aromatic N) is 17. The molecule has 0 spiro atoms. The second kappa shape index (κ2) is 50.5. The Morgan fingerprint density at radius 3 is 1.24 bits per heavy atom. The van der Waals surface area contributed by atoms with Crippen molar-refractivity contribution in [1.82, 2.24) is 63.4 Å². The third-order valence-corrected chi connectivity index (χ3v) is 17.3. The monoisotopic (exact) mass is 1820 g/mol. The number of pyridine rings is 9. The number of ketones is 2. The summed E-state index contributed by atoms with van der Waals surface area (Å²) in [5, 5.41) is 53.4. The summed E-state index contributed by atoms with van der Waals surface area (Å²) in [5.74, 6) is 4.23. The van der Waals surface area contributed by atoms with E-state index in [0.717, 1.165) is 44.9 Å². The highest BCUT2D eigenvalue weighted by Gasteiger charge is 2.21. The second-order valence-corrected chi connectivity index (χ2v) is 25.8. The molecule has 0 aliphatic carbocycles. The van der Waals surface area contributed by atoms with Crippen molar-refractivity contribution in [2.75, 3.05) is 74.1 Å². The van der Waals surface area contributed by atoms with E-state index in [-0.39, 0.29) is 65.1 Å². The van der Waals surface area contributed by atoms with Crippen LogP contribution in [0.4, 0.5) is 40.7 Å². The van der Waals surface area contributed by atoms with Gasteiger partial charge in [-0.3, -0.25) is 27.6 Å². The molecule has 0 bridgehead atoms. The molecule has 12 heterocycles. The van der Waals surface area contributed by atoms with Gasteiger partial charge in [0.1, 0.15) is 45.3 Å². The zero-order valence-electron chi connectivity index (χ0n) is 68.2. The summed E-state index contributed by atoms with van der Waals surface area (Å²) in [7, 11) is 12.0. The van der Waals surface area contributed by atoms with E-state index in [1.807, 2.05) is 57.3 Å². The Kier molecular flexibility index (Phi) is 40.4. The first-order chi connectivity index (χ1) is 58.9. The van der Waals surface area contributed by atoms with Crippen LogP contribution in [-0.4, -0.2) is 153 Å². The minimum atomic E-state index is -0.599. The van der Waals surface area contributed by atoms with Gasteiger partial charge in [0.15, 0.2) is 46.1 Å². The number of nitriles is 1. The van der Waals surface area contributed by atoms with E-state index in [0.29, 0.717) is 117 Å². The number of nitrogen functional groups attached to an aromatic ring is 3. The van der Waals surface area contributed by atoms with Crippen molar-refractivity contribution in [3.05, 3.63) is 273 Å². The number of nitro groups is 4. The molecule has 42 nitrogen and oxygen atoms in total. The maximum atomic E-state index is 12.4. The number of rotatable bonds is 24. The number of carbonyl (C=O) groups excluding carboxylic acids is 3. The predicted octanol–water partition coefficient (Wildman–Crippen LogP) is 10.7. The number of Topliss-reactive ketones (excluding diaryl/α,β-unsaturated/α-hetero) is 2. The molecule has 1 amide bonds. The number of imidazole rings is 3. The molecule has 0 aliphatic rings. The van der Waals surface area contributed by atoms with Crippen LogP contribution < -0.4 is 71.9 Å². The predicted molar refractivity (Wildman–Crippen MR) is 460 cm³/mol. The lowest BCUT2D eigenvalue weighted by Crippen LogP contribution is -2.11. The normalized spacial score (nSPS) is 9.93. The molecule has 0 atom stereocenters. The third kappa shape index (κ3) is 30.0. The maximum Gasteiger partial charge on any atom is 0.406 e. The number of hydrogen-bond acceptors (Lipinski definition) is 34. The fourth-order valence-electron chi connectivity index (χ4n) is 10.3. The number of alkyl halides is 1. The van der Waals surface area contributed by atoms with E-state index in [9.17, 15) is 54.8 Å². The molecular formula is C79H87Br2N23O19. The van der Waals surface area contributed by atoms with E-state index in [2.05, 4.69) is 88.1 Å². The van der Waals surface area contributed by atoms with E-state index in [4.69, 9.17) is 71.8 Å². The summed E-state index contributed by atoms with van der Waals surface area (Å²) in [5.41, 5.74) is 37.2. The quantitative estimate of drug-likeness (QED) is 0.0142. The lowest BCUT2D eigenvalue weighted by Gasteiger charge is -2.11. The van der Waals surface area contributed by atoms with Gasteiger partial charge in [-0.25, -0.2) is 24.9 Å². The maximum absolute atomic E-state index is 12.4. The van der Waals surface area contributed by atoms with E-state index in [1.165, 1.54) is 46.6 Å². The van der Waals surface area contributed by atoms with Gasteiger partial charge in [-0.05, 0) is 189 Å². The van der Waals surface area contributed by atoms with Crippen molar-refractivity contribution >= 4 is 107 Å². The van der Waals surface area contributed by atoms with Gasteiger partial charge in [0.05, 0.1) is 170 Å². The topological polar surface area (TPSA) is 593 Å². The number of halogens is 2. The highest BCUT2D eigenvalue weighted by molar-refractivity contribution is 9.10. The van der Waals surface area contributed by atoms with Crippen LogP contribution in [0.1, 0.15) is 63.6 Å². The first-order valence-electron chi connectivity index (χ1n) is 35.7. The number of anilines is 3. The number of nitrogens with two attached hydrogens (primary N) is 5. The van der Waals surface area contributed by atoms with E-state index < -0.39 is 19.7 Å².